The number of methoxy groups -OCH3 is 1. The number of nitrogens with zero attached hydrogens (tertiary/aromatic N) is 1. The first-order valence-corrected chi connectivity index (χ1v) is 6.48. The zero-order valence-corrected chi connectivity index (χ0v) is 12.0. The average molecular weight is 288 g/mol. The maximum Gasteiger partial charge on any atom is 0.264 e. The normalized spacial score (nSPS) is 10.3. The van der Waals surface area contributed by atoms with Crippen LogP contribution < -0.4 is 15.4 Å². The summed E-state index contributed by atoms with van der Waals surface area (Å²) >= 11 is 0. The van der Waals surface area contributed by atoms with Crippen molar-refractivity contribution in [3.63, 3.8) is 0 Å². The molecule has 4 nitrogen and oxygen atoms in total. The maximum atomic E-state index is 14.0. The third-order valence-corrected chi connectivity index (χ3v) is 3.25. The first-order chi connectivity index (χ1) is 10.1. The van der Waals surface area contributed by atoms with Crippen molar-refractivity contribution in [2.24, 2.45) is 5.73 Å². The molecule has 0 aliphatic heterocycles. The van der Waals surface area contributed by atoms with E-state index in [1.807, 2.05) is 6.07 Å². The van der Waals surface area contributed by atoms with Crippen LogP contribution in [0.5, 0.6) is 5.75 Å². The van der Waals surface area contributed by atoms with Crippen LogP contribution in [0.25, 0.3) is 0 Å². The van der Waals surface area contributed by atoms with Gasteiger partial charge in [-0.15, -0.1) is 0 Å². The van der Waals surface area contributed by atoms with Crippen molar-refractivity contribution >= 4 is 11.6 Å². The van der Waals surface area contributed by atoms with Gasteiger partial charge in [-0.3, -0.25) is 4.79 Å². The zero-order valence-electron chi connectivity index (χ0n) is 12.0. The van der Waals surface area contributed by atoms with E-state index < -0.39 is 11.7 Å². The number of carbonyl (C=O) groups is 1. The van der Waals surface area contributed by atoms with Crippen LogP contribution in [-0.2, 0) is 6.54 Å². The number of ether oxygens (including phenoxy) is 1. The largest absolute Gasteiger partial charge is 0.496 e. The van der Waals surface area contributed by atoms with Gasteiger partial charge in [-0.2, -0.15) is 0 Å². The summed E-state index contributed by atoms with van der Waals surface area (Å²) < 4.78 is 19.0. The van der Waals surface area contributed by atoms with E-state index in [0.29, 0.717) is 12.2 Å². The molecular weight excluding hydrogens is 271 g/mol. The second-order valence-corrected chi connectivity index (χ2v) is 4.56. The first kappa shape index (κ1) is 15.0. The van der Waals surface area contributed by atoms with Crippen LogP contribution in [0, 0.1) is 5.82 Å². The third kappa shape index (κ3) is 3.03. The summed E-state index contributed by atoms with van der Waals surface area (Å²) in [5.74, 6) is -0.873. The lowest BCUT2D eigenvalue weighted by atomic mass is 10.1. The van der Waals surface area contributed by atoms with Crippen LogP contribution >= 0.6 is 0 Å². The predicted molar refractivity (Wildman–Crippen MR) is 80.0 cm³/mol. The number of amides is 1. The van der Waals surface area contributed by atoms with E-state index in [2.05, 4.69) is 0 Å². The molecule has 1 amide bonds. The number of hydrogen-bond acceptors (Lipinski definition) is 3. The molecule has 0 fully saturated rings. The number of carbonyl (C=O) groups excluding carboxylic acids is 1. The molecule has 0 aliphatic carbocycles. The van der Waals surface area contributed by atoms with E-state index in [0.717, 1.165) is 5.56 Å². The van der Waals surface area contributed by atoms with Gasteiger partial charge in [0.25, 0.3) is 5.91 Å². The maximum absolute atomic E-state index is 14.0. The van der Waals surface area contributed by atoms with Gasteiger partial charge in [0.2, 0.25) is 0 Å². The van der Waals surface area contributed by atoms with Crippen LogP contribution in [0.2, 0.25) is 0 Å². The lowest BCUT2D eigenvalue weighted by molar-refractivity contribution is 0.0986. The smallest absolute Gasteiger partial charge is 0.264 e. The highest BCUT2D eigenvalue weighted by atomic mass is 19.1. The Hall–Kier alpha value is -2.40. The SMILES string of the molecule is COc1cccc(F)c1C(=O)N(C)c1cccc(CN)c1. The molecule has 0 heterocycles. The molecule has 0 radical (unpaired) electrons. The third-order valence-electron chi connectivity index (χ3n) is 3.25. The lowest BCUT2D eigenvalue weighted by Gasteiger charge is -2.19. The van der Waals surface area contributed by atoms with E-state index >= 15 is 0 Å². The van der Waals surface area contributed by atoms with Crippen molar-refractivity contribution in [2.75, 3.05) is 19.1 Å². The molecule has 0 unspecified atom stereocenters. The van der Waals surface area contributed by atoms with Crippen LogP contribution in [0.15, 0.2) is 42.5 Å². The molecule has 0 atom stereocenters. The first-order valence-electron chi connectivity index (χ1n) is 6.48. The monoisotopic (exact) mass is 288 g/mol. The van der Waals surface area contributed by atoms with Gasteiger partial charge in [0.05, 0.1) is 7.11 Å². The topological polar surface area (TPSA) is 55.6 Å². The minimum atomic E-state index is -0.610. The van der Waals surface area contributed by atoms with Crippen molar-refractivity contribution in [1.29, 1.82) is 0 Å². The molecule has 5 heteroatoms. The fourth-order valence-electron chi connectivity index (χ4n) is 2.06. The molecule has 2 aromatic rings. The molecule has 2 rings (SSSR count). The predicted octanol–water partition coefficient (Wildman–Crippen LogP) is 2.57. The summed E-state index contributed by atoms with van der Waals surface area (Å²) in [6, 6.07) is 11.5. The molecule has 0 aromatic heterocycles. The van der Waals surface area contributed by atoms with Gasteiger partial charge in [0.15, 0.2) is 0 Å². The van der Waals surface area contributed by atoms with E-state index in [-0.39, 0.29) is 11.3 Å². The fraction of sp³-hybridized carbons (Fsp3) is 0.188. The van der Waals surface area contributed by atoms with Crippen molar-refractivity contribution in [3.8, 4) is 5.75 Å². The summed E-state index contributed by atoms with van der Waals surface area (Å²) in [6.07, 6.45) is 0. The summed E-state index contributed by atoms with van der Waals surface area (Å²) in [4.78, 5) is 13.9. The van der Waals surface area contributed by atoms with E-state index in [1.165, 1.54) is 24.1 Å². The Balaban J connectivity index is 2.39. The lowest BCUT2D eigenvalue weighted by Crippen LogP contribution is -2.27. The summed E-state index contributed by atoms with van der Waals surface area (Å²) in [5.41, 5.74) is 7.05. The average Bonchev–Trinajstić information content (AvgIpc) is 2.53. The molecule has 2 aromatic carbocycles. The minimum absolute atomic E-state index is 0.0827. The molecule has 21 heavy (non-hydrogen) atoms. The van der Waals surface area contributed by atoms with Crippen LogP contribution in [0.1, 0.15) is 15.9 Å². The van der Waals surface area contributed by atoms with Crippen molar-refractivity contribution in [1.82, 2.24) is 0 Å². The Bertz CT molecular complexity index is 658. The van der Waals surface area contributed by atoms with Gasteiger partial charge in [0, 0.05) is 19.3 Å². The van der Waals surface area contributed by atoms with Crippen LogP contribution in [-0.4, -0.2) is 20.1 Å². The molecule has 2 N–H and O–H groups in total. The van der Waals surface area contributed by atoms with Crippen molar-refractivity contribution in [3.05, 3.63) is 59.4 Å². The van der Waals surface area contributed by atoms with Crippen LogP contribution in [0.3, 0.4) is 0 Å². The number of rotatable bonds is 4. The highest BCUT2D eigenvalue weighted by molar-refractivity contribution is 6.07. The standard InChI is InChI=1S/C16H17FN2O2/c1-19(12-6-3-5-11(9-12)10-18)16(20)15-13(17)7-4-8-14(15)21-2/h3-9H,10,18H2,1-2H3. The Morgan fingerprint density at radius 3 is 2.67 bits per heavy atom. The van der Waals surface area contributed by atoms with Crippen molar-refractivity contribution < 1.29 is 13.9 Å². The number of nitrogens with two attached hydrogens (primary N) is 1. The second-order valence-electron chi connectivity index (χ2n) is 4.56. The molecule has 0 saturated heterocycles. The summed E-state index contributed by atoms with van der Waals surface area (Å²) in [6.45, 7) is 0.374. The molecular formula is C16H17FN2O2. The van der Waals surface area contributed by atoms with Crippen LogP contribution in [0.4, 0.5) is 10.1 Å². The van der Waals surface area contributed by atoms with Gasteiger partial charge >= 0.3 is 0 Å². The second kappa shape index (κ2) is 6.37. The fourth-order valence-corrected chi connectivity index (χ4v) is 2.06. The van der Waals surface area contributed by atoms with Gasteiger partial charge in [0.1, 0.15) is 17.1 Å². The summed E-state index contributed by atoms with van der Waals surface area (Å²) in [7, 11) is 2.99. The Morgan fingerprint density at radius 1 is 1.29 bits per heavy atom. The minimum Gasteiger partial charge on any atom is -0.496 e. The molecule has 0 bridgehead atoms. The Kier molecular flexibility index (Phi) is 4.55. The molecule has 0 saturated carbocycles. The molecule has 0 aliphatic rings. The summed E-state index contributed by atoms with van der Waals surface area (Å²) in [5, 5.41) is 0. The molecule has 110 valence electrons. The van der Waals surface area contributed by atoms with Gasteiger partial charge in [-0.25, -0.2) is 4.39 Å². The highest BCUT2D eigenvalue weighted by Crippen LogP contribution is 2.25. The van der Waals surface area contributed by atoms with Gasteiger partial charge < -0.3 is 15.4 Å². The molecule has 0 spiro atoms. The van der Waals surface area contributed by atoms with Gasteiger partial charge in [-0.1, -0.05) is 18.2 Å². The van der Waals surface area contributed by atoms with Gasteiger partial charge in [-0.05, 0) is 29.8 Å². The quantitative estimate of drug-likeness (QED) is 0.940. The zero-order chi connectivity index (χ0) is 15.4. The number of hydrogen-bond donors (Lipinski definition) is 1. The van der Waals surface area contributed by atoms with E-state index in [4.69, 9.17) is 10.5 Å². The number of benzene rings is 2. The number of anilines is 1. The Labute approximate surface area is 122 Å². The highest BCUT2D eigenvalue weighted by Gasteiger charge is 2.22. The van der Waals surface area contributed by atoms with Crippen molar-refractivity contribution in [2.45, 2.75) is 6.54 Å². The Morgan fingerprint density at radius 2 is 2.00 bits per heavy atom. The van der Waals surface area contributed by atoms with E-state index in [9.17, 15) is 9.18 Å². The number of halogens is 1. The van der Waals surface area contributed by atoms with E-state index in [1.54, 1.807) is 31.3 Å².